The summed E-state index contributed by atoms with van der Waals surface area (Å²) in [5, 5.41) is 0.249. The van der Waals surface area contributed by atoms with Gasteiger partial charge in [-0.15, -0.1) is 0 Å². The lowest BCUT2D eigenvalue weighted by atomic mass is 9.92. The van der Waals surface area contributed by atoms with Gasteiger partial charge in [-0.25, -0.2) is 0 Å². The second-order valence-corrected chi connectivity index (χ2v) is 5.99. The van der Waals surface area contributed by atoms with Gasteiger partial charge < -0.3 is 18.9 Å². The normalized spacial score (nSPS) is 16.4. The Kier molecular flexibility index (Phi) is 7.06. The van der Waals surface area contributed by atoms with Gasteiger partial charge in [0.05, 0.1) is 38.1 Å². The van der Waals surface area contributed by atoms with Crippen LogP contribution < -0.4 is 4.74 Å². The Hall–Kier alpha value is -2.05. The molecular weight excluding hydrogens is 360 g/mol. The molecule has 26 heavy (non-hydrogen) atoms. The van der Waals surface area contributed by atoms with E-state index in [-0.39, 0.29) is 29.9 Å². The number of hydrogen-bond acceptors (Lipinski definition) is 6. The van der Waals surface area contributed by atoms with Crippen LogP contribution in [0.5, 0.6) is 5.75 Å². The summed E-state index contributed by atoms with van der Waals surface area (Å²) in [4.78, 5) is 25.0. The van der Waals surface area contributed by atoms with Gasteiger partial charge in [0.25, 0.3) is 0 Å². The van der Waals surface area contributed by atoms with Crippen LogP contribution >= 0.6 is 11.6 Å². The highest BCUT2D eigenvalue weighted by molar-refractivity contribution is 6.34. The summed E-state index contributed by atoms with van der Waals surface area (Å²) in [6, 6.07) is 3.46. The fraction of sp³-hybridized carbons (Fsp3) is 0.474. The van der Waals surface area contributed by atoms with Gasteiger partial charge in [-0.2, -0.15) is 0 Å². The highest BCUT2D eigenvalue weighted by atomic mass is 35.5. The molecule has 1 aromatic rings. The fourth-order valence-corrected chi connectivity index (χ4v) is 3.27. The predicted octanol–water partition coefficient (Wildman–Crippen LogP) is 3.36. The van der Waals surface area contributed by atoms with Crippen LogP contribution in [0.4, 0.5) is 0 Å². The summed E-state index contributed by atoms with van der Waals surface area (Å²) in [5.41, 5.74) is 1.82. The second-order valence-electron chi connectivity index (χ2n) is 5.62. The summed E-state index contributed by atoms with van der Waals surface area (Å²) < 4.78 is 21.0. The van der Waals surface area contributed by atoms with Crippen LogP contribution in [0.15, 0.2) is 18.2 Å². The van der Waals surface area contributed by atoms with Gasteiger partial charge in [-0.3, -0.25) is 9.59 Å². The van der Waals surface area contributed by atoms with Crippen molar-refractivity contribution in [2.75, 3.05) is 26.9 Å². The minimum Gasteiger partial charge on any atom is -0.496 e. The zero-order valence-electron chi connectivity index (χ0n) is 15.3. The van der Waals surface area contributed by atoms with E-state index in [0.717, 1.165) is 5.57 Å². The monoisotopic (exact) mass is 382 g/mol. The standard InChI is InChI=1S/C19H23ClO6/c1-5-24-18(21)16(19(22)25-6-2)15-14(23-4)8-7-13(17(15)20)12-9-10-26-11(12)3/h7-9,11,16H,5-6,10H2,1-4H3. The number of hydrogen-bond donors (Lipinski definition) is 0. The third kappa shape index (κ3) is 4.02. The van der Waals surface area contributed by atoms with Crippen molar-refractivity contribution in [1.29, 1.82) is 0 Å². The van der Waals surface area contributed by atoms with Crippen molar-refractivity contribution in [3.8, 4) is 5.75 Å². The summed E-state index contributed by atoms with van der Waals surface area (Å²) in [5.74, 6) is -2.46. The van der Waals surface area contributed by atoms with Crippen molar-refractivity contribution in [1.82, 2.24) is 0 Å². The number of rotatable bonds is 7. The molecule has 142 valence electrons. The van der Waals surface area contributed by atoms with Crippen molar-refractivity contribution < 1.29 is 28.5 Å². The van der Waals surface area contributed by atoms with Crippen molar-refractivity contribution in [3.63, 3.8) is 0 Å². The largest absolute Gasteiger partial charge is 0.496 e. The molecule has 0 spiro atoms. The van der Waals surface area contributed by atoms with Crippen molar-refractivity contribution in [2.45, 2.75) is 32.8 Å². The molecule has 1 aliphatic rings. The molecule has 0 N–H and O–H groups in total. The maximum atomic E-state index is 12.5. The molecule has 0 saturated carbocycles. The Labute approximate surface area is 158 Å². The fourth-order valence-electron chi connectivity index (χ4n) is 2.90. The molecular formula is C19H23ClO6. The van der Waals surface area contributed by atoms with Crippen LogP contribution in [0, 0.1) is 0 Å². The highest BCUT2D eigenvalue weighted by Crippen LogP contribution is 2.41. The Morgan fingerprint density at radius 2 is 1.85 bits per heavy atom. The topological polar surface area (TPSA) is 71.1 Å². The average Bonchev–Trinajstić information content (AvgIpc) is 3.02. The molecule has 0 radical (unpaired) electrons. The molecule has 2 rings (SSSR count). The molecule has 0 aliphatic carbocycles. The minimum atomic E-state index is -1.32. The van der Waals surface area contributed by atoms with Crippen molar-refractivity contribution in [2.24, 2.45) is 0 Å². The van der Waals surface area contributed by atoms with Crippen LogP contribution in [0.3, 0.4) is 0 Å². The molecule has 0 saturated heterocycles. The third-order valence-electron chi connectivity index (χ3n) is 4.09. The first-order chi connectivity index (χ1) is 12.5. The van der Waals surface area contributed by atoms with Gasteiger partial charge in [-0.1, -0.05) is 17.7 Å². The number of esters is 2. The number of carbonyl (C=O) groups is 2. The minimum absolute atomic E-state index is 0.129. The number of benzene rings is 1. The molecule has 0 fully saturated rings. The lowest BCUT2D eigenvalue weighted by Crippen LogP contribution is -2.27. The smallest absolute Gasteiger partial charge is 0.325 e. The molecule has 1 unspecified atom stereocenters. The number of halogens is 1. The van der Waals surface area contributed by atoms with E-state index in [1.807, 2.05) is 13.0 Å². The lowest BCUT2D eigenvalue weighted by Gasteiger charge is -2.21. The Balaban J connectivity index is 2.61. The molecule has 1 atom stereocenters. The molecule has 6 nitrogen and oxygen atoms in total. The zero-order chi connectivity index (χ0) is 19.3. The SMILES string of the molecule is CCOC(=O)C(C(=O)OCC)c1c(OC)ccc(C2=CCOC2C)c1Cl. The summed E-state index contributed by atoms with van der Waals surface area (Å²) in [6.07, 6.45) is 1.78. The van der Waals surface area contributed by atoms with Gasteiger partial charge >= 0.3 is 11.9 Å². The van der Waals surface area contributed by atoms with Crippen LogP contribution in [0.1, 0.15) is 37.8 Å². The summed E-state index contributed by atoms with van der Waals surface area (Å²) in [7, 11) is 1.45. The Bertz CT molecular complexity index is 694. The van der Waals surface area contributed by atoms with Gasteiger partial charge in [0, 0.05) is 5.56 Å². The first-order valence-corrected chi connectivity index (χ1v) is 8.85. The molecule has 0 bridgehead atoms. The molecule has 1 aromatic carbocycles. The number of carbonyl (C=O) groups excluding carboxylic acids is 2. The van der Waals surface area contributed by atoms with Crippen LogP contribution in [-0.4, -0.2) is 45.0 Å². The molecule has 1 aliphatic heterocycles. The Morgan fingerprint density at radius 3 is 2.31 bits per heavy atom. The van der Waals surface area contributed by atoms with E-state index in [9.17, 15) is 9.59 Å². The molecule has 1 heterocycles. The van der Waals surface area contributed by atoms with E-state index in [1.54, 1.807) is 26.0 Å². The van der Waals surface area contributed by atoms with Gasteiger partial charge in [0.1, 0.15) is 5.75 Å². The van der Waals surface area contributed by atoms with Crippen LogP contribution in [0.25, 0.3) is 5.57 Å². The van der Waals surface area contributed by atoms with E-state index >= 15 is 0 Å². The van der Waals surface area contributed by atoms with E-state index < -0.39 is 17.9 Å². The van der Waals surface area contributed by atoms with Gasteiger partial charge in [-0.05, 0) is 44.0 Å². The average molecular weight is 383 g/mol. The summed E-state index contributed by atoms with van der Waals surface area (Å²) in [6.45, 7) is 5.98. The maximum absolute atomic E-state index is 12.5. The Morgan fingerprint density at radius 1 is 1.23 bits per heavy atom. The van der Waals surface area contributed by atoms with Crippen molar-refractivity contribution in [3.05, 3.63) is 34.4 Å². The van der Waals surface area contributed by atoms with Gasteiger partial charge in [0.2, 0.25) is 0 Å². The van der Waals surface area contributed by atoms with E-state index in [2.05, 4.69) is 0 Å². The van der Waals surface area contributed by atoms with E-state index in [0.29, 0.717) is 17.9 Å². The quantitative estimate of drug-likeness (QED) is 0.532. The lowest BCUT2D eigenvalue weighted by molar-refractivity contribution is -0.157. The van der Waals surface area contributed by atoms with Crippen molar-refractivity contribution >= 4 is 29.1 Å². The summed E-state index contributed by atoms with van der Waals surface area (Å²) >= 11 is 6.63. The third-order valence-corrected chi connectivity index (χ3v) is 4.50. The molecule has 7 heteroatoms. The molecule has 0 amide bonds. The van der Waals surface area contributed by atoms with Crippen LogP contribution in [-0.2, 0) is 23.8 Å². The molecule has 0 aromatic heterocycles. The second kappa shape index (κ2) is 9.05. The van der Waals surface area contributed by atoms with E-state index in [1.165, 1.54) is 7.11 Å². The predicted molar refractivity (Wildman–Crippen MR) is 97.4 cm³/mol. The van der Waals surface area contributed by atoms with E-state index in [4.69, 9.17) is 30.5 Å². The van der Waals surface area contributed by atoms with Crippen LogP contribution in [0.2, 0.25) is 5.02 Å². The number of ether oxygens (including phenoxy) is 4. The maximum Gasteiger partial charge on any atom is 0.325 e. The van der Waals surface area contributed by atoms with Gasteiger partial charge in [0.15, 0.2) is 5.92 Å². The zero-order valence-corrected chi connectivity index (χ0v) is 16.1. The first-order valence-electron chi connectivity index (χ1n) is 8.47. The first kappa shape index (κ1) is 20.3. The number of methoxy groups -OCH3 is 1. The highest BCUT2D eigenvalue weighted by Gasteiger charge is 2.37.